The zero-order chi connectivity index (χ0) is 8.55. The summed E-state index contributed by atoms with van der Waals surface area (Å²) >= 11 is 0. The summed E-state index contributed by atoms with van der Waals surface area (Å²) in [7, 11) is 7.42. The Morgan fingerprint density at radius 1 is 1.69 bits per heavy atom. The molecule has 0 amide bonds. The van der Waals surface area contributed by atoms with Crippen molar-refractivity contribution in [1.82, 2.24) is 0 Å². The van der Waals surface area contributed by atoms with Gasteiger partial charge in [-0.15, -0.1) is 0 Å². The molecular formula is C9H9B3Y-. The molecule has 1 aliphatic heterocycles. The molecule has 0 bridgehead atoms. The van der Waals surface area contributed by atoms with Gasteiger partial charge in [0.2, 0.25) is 0 Å². The molecule has 1 aliphatic rings. The number of rotatable bonds is 1. The first-order valence-corrected chi connectivity index (χ1v) is 4.37. The van der Waals surface area contributed by atoms with Gasteiger partial charge in [-0.25, -0.2) is 0 Å². The Morgan fingerprint density at radius 3 is 3.15 bits per heavy atom. The van der Waals surface area contributed by atoms with E-state index in [0.717, 1.165) is 6.42 Å². The second kappa shape index (κ2) is 4.84. The fraction of sp³-hybridized carbons (Fsp3) is 0.333. The summed E-state index contributed by atoms with van der Waals surface area (Å²) in [5, 5.41) is 0. The molecule has 1 heterocycles. The molecular weight excluding hydrogens is 229 g/mol. The first-order chi connectivity index (χ1) is 5.83. The predicted molar refractivity (Wildman–Crippen MR) is 55.3 cm³/mol. The maximum Gasteiger partial charge on any atom is 0.0999 e. The largest absolute Gasteiger partial charge is 0.193 e. The van der Waals surface area contributed by atoms with Crippen molar-refractivity contribution in [2.24, 2.45) is 0 Å². The molecule has 4 heteroatoms. The Labute approximate surface area is 108 Å². The second-order valence-corrected chi connectivity index (χ2v) is 3.52. The van der Waals surface area contributed by atoms with Gasteiger partial charge in [-0.05, 0) is 0 Å². The maximum absolute atomic E-state index is 5.60. The van der Waals surface area contributed by atoms with Gasteiger partial charge >= 0.3 is 0 Å². The number of benzene rings is 1. The molecule has 1 atom stereocenters. The van der Waals surface area contributed by atoms with Crippen LogP contribution in [-0.4, -0.2) is 21.4 Å². The van der Waals surface area contributed by atoms with E-state index in [-0.39, 0.29) is 32.7 Å². The molecule has 0 spiro atoms. The fourth-order valence-corrected chi connectivity index (χ4v) is 2.05. The molecule has 0 saturated heterocycles. The summed E-state index contributed by atoms with van der Waals surface area (Å²) in [4.78, 5) is 0. The molecule has 58 valence electrons. The smallest absolute Gasteiger partial charge is 0.0999 e. The third-order valence-electron chi connectivity index (χ3n) is 2.71. The molecule has 13 heavy (non-hydrogen) atoms. The van der Waals surface area contributed by atoms with E-state index >= 15 is 0 Å². The van der Waals surface area contributed by atoms with Gasteiger partial charge in [-0.2, -0.15) is 35.3 Å². The average molecular weight is 239 g/mol. The summed E-state index contributed by atoms with van der Waals surface area (Å²) in [6, 6.07) is 9.28. The Hall–Kier alpha value is 0.519. The van der Waals surface area contributed by atoms with Gasteiger partial charge in [0, 0.05) is 47.5 Å². The van der Waals surface area contributed by atoms with Gasteiger partial charge in [0.1, 0.15) is 0 Å². The van der Waals surface area contributed by atoms with Crippen LogP contribution >= 0.6 is 0 Å². The van der Waals surface area contributed by atoms with Gasteiger partial charge in [0.05, 0.1) is 6.60 Å². The Morgan fingerprint density at radius 2 is 2.46 bits per heavy atom. The van der Waals surface area contributed by atoms with Crippen LogP contribution in [0.2, 0.25) is 5.82 Å². The summed E-state index contributed by atoms with van der Waals surface area (Å²) < 4.78 is 0. The Balaban J connectivity index is 0.000000845. The fourth-order valence-electron chi connectivity index (χ4n) is 2.05. The molecule has 0 aromatic heterocycles. The van der Waals surface area contributed by atoms with Gasteiger partial charge < -0.3 is 0 Å². The van der Waals surface area contributed by atoms with Crippen LogP contribution in [0.4, 0.5) is 0 Å². The minimum absolute atomic E-state index is 0. The summed E-state index contributed by atoms with van der Waals surface area (Å²) in [5.74, 6) is 0.654. The van der Waals surface area contributed by atoms with Crippen molar-refractivity contribution >= 4 is 26.9 Å². The van der Waals surface area contributed by atoms with Crippen LogP contribution in [0.15, 0.2) is 18.2 Å². The SMILES string of the molecule is [B][B]B1c2cc[c-]cc2CC1C.[Y]. The van der Waals surface area contributed by atoms with E-state index in [1.807, 2.05) is 13.1 Å². The third-order valence-corrected chi connectivity index (χ3v) is 2.71. The topological polar surface area (TPSA) is 0 Å². The summed E-state index contributed by atoms with van der Waals surface area (Å²) in [5.41, 5.74) is 2.81. The molecule has 0 N–H and O–H groups in total. The number of fused-ring (bicyclic) bond motifs is 1. The quantitative estimate of drug-likeness (QED) is 0.491. The summed E-state index contributed by atoms with van der Waals surface area (Å²) in [6.07, 6.45) is 1.14. The normalized spacial score (nSPS) is 19.2. The second-order valence-electron chi connectivity index (χ2n) is 3.52. The first kappa shape index (κ1) is 11.6. The molecule has 0 fully saturated rings. The van der Waals surface area contributed by atoms with Crippen molar-refractivity contribution in [2.75, 3.05) is 0 Å². The van der Waals surface area contributed by atoms with Crippen molar-refractivity contribution in [1.29, 1.82) is 0 Å². The van der Waals surface area contributed by atoms with Crippen molar-refractivity contribution < 1.29 is 32.7 Å². The van der Waals surface area contributed by atoms with Gasteiger partial charge in [0.15, 0.2) is 0 Å². The van der Waals surface area contributed by atoms with E-state index in [2.05, 4.69) is 25.1 Å². The number of hydrogen-bond acceptors (Lipinski definition) is 0. The van der Waals surface area contributed by atoms with E-state index in [1.165, 1.54) is 11.0 Å². The van der Waals surface area contributed by atoms with Crippen LogP contribution < -0.4 is 5.46 Å². The zero-order valence-electron chi connectivity index (χ0n) is 7.83. The van der Waals surface area contributed by atoms with E-state index < -0.39 is 0 Å². The minimum atomic E-state index is 0. The minimum Gasteiger partial charge on any atom is -0.193 e. The molecule has 4 radical (unpaired) electrons. The standard InChI is InChI=1S/C9H9B3.Y/c1-7-6-8-4-2-3-5-9(8)12(7)11-10;/h3-5,7H,6H2,1H3;/q-1;. The monoisotopic (exact) mass is 239 g/mol. The summed E-state index contributed by atoms with van der Waals surface area (Å²) in [6.45, 7) is 2.70. The van der Waals surface area contributed by atoms with Crippen LogP contribution in [0.3, 0.4) is 0 Å². The average Bonchev–Trinajstić information content (AvgIpc) is 2.40. The molecule has 0 saturated carbocycles. The third kappa shape index (κ3) is 2.13. The van der Waals surface area contributed by atoms with E-state index in [1.54, 1.807) is 0 Å². The van der Waals surface area contributed by atoms with Crippen LogP contribution in [0.1, 0.15) is 12.5 Å². The van der Waals surface area contributed by atoms with Crippen LogP contribution in [-0.2, 0) is 39.1 Å². The zero-order valence-corrected chi connectivity index (χ0v) is 10.7. The van der Waals surface area contributed by atoms with Crippen LogP contribution in [0, 0.1) is 6.07 Å². The van der Waals surface area contributed by atoms with Gasteiger partial charge in [-0.3, -0.25) is 0 Å². The molecule has 2 rings (SSSR count). The molecule has 1 unspecified atom stereocenters. The van der Waals surface area contributed by atoms with Gasteiger partial charge in [0.25, 0.3) is 0 Å². The maximum atomic E-state index is 5.60. The molecule has 0 nitrogen and oxygen atoms in total. The predicted octanol–water partition coefficient (Wildman–Crippen LogP) is 0.417. The van der Waals surface area contributed by atoms with E-state index in [0.29, 0.717) is 12.4 Å². The molecule has 0 aliphatic carbocycles. The van der Waals surface area contributed by atoms with E-state index in [4.69, 9.17) is 7.74 Å². The molecule has 1 aromatic rings. The van der Waals surface area contributed by atoms with Crippen LogP contribution in [0.25, 0.3) is 0 Å². The van der Waals surface area contributed by atoms with Crippen molar-refractivity contribution in [2.45, 2.75) is 19.2 Å². The van der Waals surface area contributed by atoms with Crippen LogP contribution in [0.5, 0.6) is 0 Å². The Bertz CT molecular complexity index is 290. The van der Waals surface area contributed by atoms with Gasteiger partial charge in [-0.1, -0.05) is 19.2 Å². The van der Waals surface area contributed by atoms with Crippen molar-refractivity contribution in [3.05, 3.63) is 29.8 Å². The molecule has 1 aromatic carbocycles. The first-order valence-electron chi connectivity index (χ1n) is 4.37. The van der Waals surface area contributed by atoms with E-state index in [9.17, 15) is 0 Å². The number of hydrogen-bond donors (Lipinski definition) is 0. The van der Waals surface area contributed by atoms with Crippen molar-refractivity contribution in [3.63, 3.8) is 0 Å². The van der Waals surface area contributed by atoms with Crippen molar-refractivity contribution in [3.8, 4) is 0 Å². The Kier molecular flexibility index (Phi) is 4.32.